The summed E-state index contributed by atoms with van der Waals surface area (Å²) in [6.45, 7) is 11.5. The standard InChI is InChI=1S/C25H29Cl2N5S/c1-17-6-4-5-7-21(17)16-32-19(3)24(18(2)29-32)28-25(33)31-12-10-30(11-13-31)15-20-8-9-22(26)23(27)14-20/h4-9,14H,10-13,15-16H2,1-3H3,(H,28,33). The molecule has 2 heterocycles. The van der Waals surface area contributed by atoms with Gasteiger partial charge < -0.3 is 10.2 Å². The second-order valence-electron chi connectivity index (χ2n) is 8.57. The monoisotopic (exact) mass is 501 g/mol. The summed E-state index contributed by atoms with van der Waals surface area (Å²) < 4.78 is 2.05. The van der Waals surface area contributed by atoms with Crippen molar-refractivity contribution in [2.75, 3.05) is 31.5 Å². The lowest BCUT2D eigenvalue weighted by atomic mass is 10.1. The third-order valence-electron chi connectivity index (χ3n) is 6.24. The van der Waals surface area contributed by atoms with Crippen LogP contribution in [0, 0.1) is 20.8 Å². The Balaban J connectivity index is 1.35. The third kappa shape index (κ3) is 5.69. The Morgan fingerprint density at radius 3 is 2.39 bits per heavy atom. The molecule has 0 saturated carbocycles. The number of benzene rings is 2. The molecule has 1 aliphatic rings. The van der Waals surface area contributed by atoms with E-state index in [4.69, 9.17) is 40.5 Å². The van der Waals surface area contributed by atoms with Crippen LogP contribution in [-0.2, 0) is 13.1 Å². The average molecular weight is 503 g/mol. The smallest absolute Gasteiger partial charge is 0.173 e. The molecule has 2 aromatic carbocycles. The summed E-state index contributed by atoms with van der Waals surface area (Å²) >= 11 is 18.0. The lowest BCUT2D eigenvalue weighted by Crippen LogP contribution is -2.49. The summed E-state index contributed by atoms with van der Waals surface area (Å²) in [4.78, 5) is 4.65. The minimum absolute atomic E-state index is 0.592. The molecule has 4 rings (SSSR count). The molecule has 1 N–H and O–H groups in total. The van der Waals surface area contributed by atoms with Crippen LogP contribution in [0.15, 0.2) is 42.5 Å². The molecule has 33 heavy (non-hydrogen) atoms. The normalized spacial score (nSPS) is 14.5. The van der Waals surface area contributed by atoms with Gasteiger partial charge in [-0.1, -0.05) is 53.5 Å². The molecule has 1 fully saturated rings. The zero-order valence-electron chi connectivity index (χ0n) is 19.2. The second kappa shape index (κ2) is 10.4. The third-order valence-corrected chi connectivity index (χ3v) is 7.34. The van der Waals surface area contributed by atoms with Crippen molar-refractivity contribution < 1.29 is 0 Å². The number of hydrogen-bond acceptors (Lipinski definition) is 3. The van der Waals surface area contributed by atoms with E-state index in [-0.39, 0.29) is 0 Å². The number of hydrogen-bond donors (Lipinski definition) is 1. The SMILES string of the molecule is Cc1ccccc1Cn1nc(C)c(NC(=S)N2CCN(Cc3ccc(Cl)c(Cl)c3)CC2)c1C. The highest BCUT2D eigenvalue weighted by Crippen LogP contribution is 2.24. The van der Waals surface area contributed by atoms with Crippen molar-refractivity contribution >= 4 is 46.2 Å². The largest absolute Gasteiger partial charge is 0.346 e. The van der Waals surface area contributed by atoms with Gasteiger partial charge in [-0.05, 0) is 61.8 Å². The molecule has 5 nitrogen and oxygen atoms in total. The summed E-state index contributed by atoms with van der Waals surface area (Å²) in [5.41, 5.74) is 6.78. The van der Waals surface area contributed by atoms with Gasteiger partial charge in [-0.15, -0.1) is 0 Å². The second-order valence-corrected chi connectivity index (χ2v) is 9.77. The Bertz CT molecular complexity index is 1150. The fraction of sp³-hybridized carbons (Fsp3) is 0.360. The van der Waals surface area contributed by atoms with Crippen molar-refractivity contribution in [2.45, 2.75) is 33.9 Å². The van der Waals surface area contributed by atoms with Gasteiger partial charge in [0.15, 0.2) is 5.11 Å². The number of piperazine rings is 1. The molecule has 1 aliphatic heterocycles. The fourth-order valence-electron chi connectivity index (χ4n) is 4.17. The molecule has 0 spiro atoms. The Labute approximate surface area is 211 Å². The zero-order valence-corrected chi connectivity index (χ0v) is 21.6. The maximum atomic E-state index is 6.16. The quantitative estimate of drug-likeness (QED) is 0.455. The minimum atomic E-state index is 0.592. The molecule has 174 valence electrons. The molecule has 0 aliphatic carbocycles. The van der Waals surface area contributed by atoms with Gasteiger partial charge in [-0.3, -0.25) is 9.58 Å². The number of nitrogens with zero attached hydrogens (tertiary/aromatic N) is 4. The summed E-state index contributed by atoms with van der Waals surface area (Å²) in [7, 11) is 0. The zero-order chi connectivity index (χ0) is 23.5. The first-order valence-corrected chi connectivity index (χ1v) is 12.3. The molecular formula is C25H29Cl2N5S. The summed E-state index contributed by atoms with van der Waals surface area (Å²) in [5, 5.41) is 10.2. The molecule has 0 unspecified atom stereocenters. The van der Waals surface area contributed by atoms with Crippen molar-refractivity contribution in [1.29, 1.82) is 0 Å². The highest BCUT2D eigenvalue weighted by Gasteiger charge is 2.21. The summed E-state index contributed by atoms with van der Waals surface area (Å²) in [5.74, 6) is 0. The van der Waals surface area contributed by atoms with E-state index in [1.807, 2.05) is 25.1 Å². The number of halogens is 2. The van der Waals surface area contributed by atoms with Crippen LogP contribution in [0.2, 0.25) is 10.0 Å². The van der Waals surface area contributed by atoms with Gasteiger partial charge in [0.1, 0.15) is 0 Å². The van der Waals surface area contributed by atoms with Crippen LogP contribution in [0.25, 0.3) is 0 Å². The van der Waals surface area contributed by atoms with Crippen LogP contribution in [0.3, 0.4) is 0 Å². The maximum Gasteiger partial charge on any atom is 0.173 e. The molecule has 0 amide bonds. The Hall–Kier alpha value is -2.12. The topological polar surface area (TPSA) is 36.3 Å². The maximum absolute atomic E-state index is 6.16. The molecule has 1 aromatic heterocycles. The molecule has 0 atom stereocenters. The number of thiocarbonyl (C=S) groups is 1. The van der Waals surface area contributed by atoms with E-state index >= 15 is 0 Å². The van der Waals surface area contributed by atoms with E-state index in [1.54, 1.807) is 0 Å². The van der Waals surface area contributed by atoms with Crippen LogP contribution in [0.5, 0.6) is 0 Å². The van der Waals surface area contributed by atoms with Gasteiger partial charge in [-0.25, -0.2) is 0 Å². The highest BCUT2D eigenvalue weighted by molar-refractivity contribution is 7.80. The van der Waals surface area contributed by atoms with Gasteiger partial charge in [-0.2, -0.15) is 5.10 Å². The van der Waals surface area contributed by atoms with Crippen molar-refractivity contribution in [2.24, 2.45) is 0 Å². The van der Waals surface area contributed by atoms with Crippen molar-refractivity contribution in [3.63, 3.8) is 0 Å². The predicted octanol–water partition coefficient (Wildman–Crippen LogP) is 5.68. The number of nitrogens with one attached hydrogen (secondary N) is 1. The van der Waals surface area contributed by atoms with E-state index in [0.29, 0.717) is 10.0 Å². The highest BCUT2D eigenvalue weighted by atomic mass is 35.5. The molecule has 0 bridgehead atoms. The molecule has 8 heteroatoms. The van der Waals surface area contributed by atoms with Gasteiger partial charge >= 0.3 is 0 Å². The van der Waals surface area contributed by atoms with Crippen LogP contribution in [-0.4, -0.2) is 50.9 Å². The molecule has 1 saturated heterocycles. The lowest BCUT2D eigenvalue weighted by molar-refractivity contribution is 0.177. The summed E-state index contributed by atoms with van der Waals surface area (Å²) in [6, 6.07) is 14.3. The van der Waals surface area contributed by atoms with Crippen molar-refractivity contribution in [1.82, 2.24) is 19.6 Å². The Morgan fingerprint density at radius 2 is 1.70 bits per heavy atom. The van der Waals surface area contributed by atoms with E-state index in [2.05, 4.69) is 57.9 Å². The predicted molar refractivity (Wildman–Crippen MR) is 142 cm³/mol. The number of rotatable bonds is 5. The van der Waals surface area contributed by atoms with Crippen LogP contribution in [0.4, 0.5) is 5.69 Å². The van der Waals surface area contributed by atoms with Crippen molar-refractivity contribution in [3.8, 4) is 0 Å². The van der Waals surface area contributed by atoms with Crippen LogP contribution >= 0.6 is 35.4 Å². The fourth-order valence-corrected chi connectivity index (χ4v) is 4.78. The summed E-state index contributed by atoms with van der Waals surface area (Å²) in [6.07, 6.45) is 0. The van der Waals surface area contributed by atoms with Gasteiger partial charge in [0.2, 0.25) is 0 Å². The molecule has 0 radical (unpaired) electrons. The van der Waals surface area contributed by atoms with Crippen LogP contribution < -0.4 is 5.32 Å². The van der Waals surface area contributed by atoms with Gasteiger partial charge in [0, 0.05) is 32.7 Å². The first-order chi connectivity index (χ1) is 15.8. The Morgan fingerprint density at radius 1 is 0.970 bits per heavy atom. The Kier molecular flexibility index (Phi) is 7.59. The van der Waals surface area contributed by atoms with Crippen molar-refractivity contribution in [3.05, 3.63) is 80.6 Å². The van der Waals surface area contributed by atoms with E-state index in [9.17, 15) is 0 Å². The lowest BCUT2D eigenvalue weighted by Gasteiger charge is -2.36. The first-order valence-electron chi connectivity index (χ1n) is 11.1. The van der Waals surface area contributed by atoms with Crippen LogP contribution in [0.1, 0.15) is 28.1 Å². The molecular weight excluding hydrogens is 473 g/mol. The van der Waals surface area contributed by atoms with Gasteiger partial charge in [0.25, 0.3) is 0 Å². The number of aryl methyl sites for hydroxylation is 2. The number of anilines is 1. The van der Waals surface area contributed by atoms with E-state index in [1.165, 1.54) is 16.7 Å². The molecule has 3 aromatic rings. The number of aromatic nitrogens is 2. The minimum Gasteiger partial charge on any atom is -0.346 e. The van der Waals surface area contributed by atoms with E-state index < -0.39 is 0 Å². The average Bonchev–Trinajstić information content (AvgIpc) is 3.05. The van der Waals surface area contributed by atoms with Gasteiger partial charge in [0.05, 0.1) is 33.7 Å². The first kappa shape index (κ1) is 24.0. The van der Waals surface area contributed by atoms with E-state index in [0.717, 1.165) is 61.5 Å².